The van der Waals surface area contributed by atoms with Crippen molar-refractivity contribution in [2.24, 2.45) is 5.41 Å². The van der Waals surface area contributed by atoms with Gasteiger partial charge in [0.1, 0.15) is 24.4 Å². The molecule has 0 bridgehead atoms. The predicted molar refractivity (Wildman–Crippen MR) is 80.4 cm³/mol. The molecule has 0 aromatic rings. The number of carbonyl (C=O) groups excluding carboxylic acids is 1. The van der Waals surface area contributed by atoms with E-state index in [0.717, 1.165) is 12.0 Å². The second kappa shape index (κ2) is 6.96. The molecule has 1 aliphatic heterocycles. The highest BCUT2D eigenvalue weighted by molar-refractivity contribution is 5.96. The van der Waals surface area contributed by atoms with Gasteiger partial charge in [0.25, 0.3) is 0 Å². The maximum absolute atomic E-state index is 11.9. The number of hydrogen-bond donors (Lipinski definition) is 4. The van der Waals surface area contributed by atoms with Gasteiger partial charge in [0.15, 0.2) is 12.1 Å². The number of allylic oxidation sites excluding steroid dienone is 1. The fraction of sp³-hybridized carbons (Fsp3) is 0.812. The van der Waals surface area contributed by atoms with Gasteiger partial charge in [0, 0.05) is 6.42 Å². The third kappa shape index (κ3) is 3.65. The van der Waals surface area contributed by atoms with Crippen LogP contribution in [0.25, 0.3) is 0 Å². The Hall–Kier alpha value is -0.830. The zero-order valence-corrected chi connectivity index (χ0v) is 13.7. The van der Waals surface area contributed by atoms with Crippen molar-refractivity contribution in [3.05, 3.63) is 11.1 Å². The van der Waals surface area contributed by atoms with E-state index in [1.807, 2.05) is 13.8 Å². The Morgan fingerprint density at radius 1 is 1.22 bits per heavy atom. The maximum atomic E-state index is 11.9. The lowest BCUT2D eigenvalue weighted by Gasteiger charge is -2.41. The molecule has 0 unspecified atom stereocenters. The molecule has 1 fully saturated rings. The summed E-state index contributed by atoms with van der Waals surface area (Å²) in [4.78, 5) is 11.9. The molecule has 5 atom stereocenters. The van der Waals surface area contributed by atoms with E-state index in [9.17, 15) is 25.2 Å². The standard InChI is InChI=1S/C16H26O7/c1-8-9(16(2,3)5-4-10(8)18)7-22-15-14(21)13(20)12(19)11(6-17)23-15/h11-15,17,19-21H,4-7H2,1-3H3/t11-,12-,13+,14-,15-/m1/s1. The zero-order chi connectivity index (χ0) is 17.4. The number of Topliss-reactive ketones (excluding diaryl/α,β-unsaturated/α-hetero) is 1. The molecule has 23 heavy (non-hydrogen) atoms. The van der Waals surface area contributed by atoms with Crippen molar-refractivity contribution in [2.75, 3.05) is 13.2 Å². The van der Waals surface area contributed by atoms with Gasteiger partial charge < -0.3 is 29.9 Å². The number of rotatable bonds is 4. The van der Waals surface area contributed by atoms with E-state index in [1.165, 1.54) is 0 Å². The van der Waals surface area contributed by atoms with E-state index in [0.29, 0.717) is 12.0 Å². The van der Waals surface area contributed by atoms with Crippen molar-refractivity contribution in [3.63, 3.8) is 0 Å². The smallest absolute Gasteiger partial charge is 0.187 e. The van der Waals surface area contributed by atoms with Crippen LogP contribution in [-0.2, 0) is 14.3 Å². The molecule has 0 saturated carbocycles. The van der Waals surface area contributed by atoms with Crippen LogP contribution in [0.4, 0.5) is 0 Å². The molecule has 0 radical (unpaired) electrons. The molecule has 4 N–H and O–H groups in total. The van der Waals surface area contributed by atoms with Gasteiger partial charge in [-0.15, -0.1) is 0 Å². The van der Waals surface area contributed by atoms with Gasteiger partial charge >= 0.3 is 0 Å². The summed E-state index contributed by atoms with van der Waals surface area (Å²) in [5.74, 6) is 0.0803. The van der Waals surface area contributed by atoms with Crippen LogP contribution < -0.4 is 0 Å². The van der Waals surface area contributed by atoms with E-state index in [1.54, 1.807) is 6.92 Å². The first-order valence-corrected chi connectivity index (χ1v) is 7.84. The highest BCUT2D eigenvalue weighted by atomic mass is 16.7. The van der Waals surface area contributed by atoms with Crippen molar-refractivity contribution in [2.45, 2.75) is 64.3 Å². The minimum Gasteiger partial charge on any atom is -0.394 e. The first kappa shape index (κ1) is 18.5. The average molecular weight is 330 g/mol. The molecule has 0 spiro atoms. The van der Waals surface area contributed by atoms with Crippen LogP contribution in [0.3, 0.4) is 0 Å². The van der Waals surface area contributed by atoms with Crippen molar-refractivity contribution in [1.29, 1.82) is 0 Å². The Bertz CT molecular complexity index is 483. The van der Waals surface area contributed by atoms with Gasteiger partial charge in [-0.3, -0.25) is 4.79 Å². The molecule has 0 aromatic heterocycles. The van der Waals surface area contributed by atoms with Crippen LogP contribution in [0, 0.1) is 5.41 Å². The molecule has 7 heteroatoms. The van der Waals surface area contributed by atoms with Gasteiger partial charge in [-0.25, -0.2) is 0 Å². The SMILES string of the molecule is CC1=C(CO[C@@H]2O[C@H](CO)[C@@H](O)[C@H](O)[C@H]2O)C(C)(C)CCC1=O. The lowest BCUT2D eigenvalue weighted by molar-refractivity contribution is -0.299. The third-order valence-electron chi connectivity index (χ3n) is 4.91. The second-order valence-corrected chi connectivity index (χ2v) is 6.92. The Labute approximate surface area is 135 Å². The Balaban J connectivity index is 2.10. The van der Waals surface area contributed by atoms with E-state index in [4.69, 9.17) is 9.47 Å². The van der Waals surface area contributed by atoms with Crippen molar-refractivity contribution in [3.8, 4) is 0 Å². The number of aliphatic hydroxyl groups excluding tert-OH is 4. The number of ketones is 1. The van der Waals surface area contributed by atoms with Crippen molar-refractivity contribution in [1.82, 2.24) is 0 Å². The molecule has 0 amide bonds. The topological polar surface area (TPSA) is 116 Å². The maximum Gasteiger partial charge on any atom is 0.187 e. The molecule has 7 nitrogen and oxygen atoms in total. The summed E-state index contributed by atoms with van der Waals surface area (Å²) >= 11 is 0. The third-order valence-corrected chi connectivity index (χ3v) is 4.91. The molecular weight excluding hydrogens is 304 g/mol. The summed E-state index contributed by atoms with van der Waals surface area (Å²) in [6.45, 7) is 5.38. The van der Waals surface area contributed by atoms with E-state index in [-0.39, 0.29) is 17.8 Å². The van der Waals surface area contributed by atoms with Crippen LogP contribution in [0.1, 0.15) is 33.6 Å². The Morgan fingerprint density at radius 3 is 2.48 bits per heavy atom. The fourth-order valence-electron chi connectivity index (χ4n) is 3.11. The Morgan fingerprint density at radius 2 is 1.87 bits per heavy atom. The van der Waals surface area contributed by atoms with Crippen LogP contribution in [-0.4, -0.2) is 70.1 Å². The van der Waals surface area contributed by atoms with Crippen molar-refractivity contribution < 1.29 is 34.7 Å². The highest BCUT2D eigenvalue weighted by Gasteiger charge is 2.44. The molecule has 1 aliphatic carbocycles. The van der Waals surface area contributed by atoms with Gasteiger partial charge in [0.05, 0.1) is 13.2 Å². The highest BCUT2D eigenvalue weighted by Crippen LogP contribution is 2.39. The number of carbonyl (C=O) groups is 1. The molecule has 1 saturated heterocycles. The average Bonchev–Trinajstić information content (AvgIpc) is 2.51. The summed E-state index contributed by atoms with van der Waals surface area (Å²) in [6.07, 6.45) is -5.28. The van der Waals surface area contributed by atoms with Crippen LogP contribution in [0.5, 0.6) is 0 Å². The number of aliphatic hydroxyl groups is 4. The summed E-state index contributed by atoms with van der Waals surface area (Å²) in [7, 11) is 0. The zero-order valence-electron chi connectivity index (χ0n) is 13.7. The second-order valence-electron chi connectivity index (χ2n) is 6.92. The van der Waals surface area contributed by atoms with Crippen LogP contribution >= 0.6 is 0 Å². The largest absolute Gasteiger partial charge is 0.394 e. The first-order valence-electron chi connectivity index (χ1n) is 7.84. The van der Waals surface area contributed by atoms with Crippen LogP contribution in [0.15, 0.2) is 11.1 Å². The minimum atomic E-state index is -1.47. The van der Waals surface area contributed by atoms with Gasteiger partial charge in [-0.05, 0) is 29.9 Å². The lowest BCUT2D eigenvalue weighted by Crippen LogP contribution is -2.59. The summed E-state index contributed by atoms with van der Waals surface area (Å²) in [5.41, 5.74) is 1.29. The summed E-state index contributed by atoms with van der Waals surface area (Å²) in [6, 6.07) is 0. The van der Waals surface area contributed by atoms with E-state index < -0.39 is 37.3 Å². The Kier molecular flexibility index (Phi) is 5.60. The van der Waals surface area contributed by atoms with Gasteiger partial charge in [-0.2, -0.15) is 0 Å². The van der Waals surface area contributed by atoms with Crippen LogP contribution in [0.2, 0.25) is 0 Å². The number of hydrogen-bond acceptors (Lipinski definition) is 7. The predicted octanol–water partition coefficient (Wildman–Crippen LogP) is -0.492. The normalized spacial score (nSPS) is 38.0. The first-order chi connectivity index (χ1) is 10.7. The fourth-order valence-corrected chi connectivity index (χ4v) is 3.11. The molecule has 2 aliphatic rings. The number of ether oxygens (including phenoxy) is 2. The van der Waals surface area contributed by atoms with Gasteiger partial charge in [0.2, 0.25) is 0 Å². The van der Waals surface area contributed by atoms with Crippen molar-refractivity contribution >= 4 is 5.78 Å². The minimum absolute atomic E-state index is 0.0767. The van der Waals surface area contributed by atoms with E-state index >= 15 is 0 Å². The molecule has 1 heterocycles. The molecule has 2 rings (SSSR count). The molecule has 0 aromatic carbocycles. The molecular formula is C16H26O7. The summed E-state index contributed by atoms with van der Waals surface area (Å²) in [5, 5.41) is 38.7. The van der Waals surface area contributed by atoms with E-state index in [2.05, 4.69) is 0 Å². The lowest BCUT2D eigenvalue weighted by atomic mass is 9.72. The quantitative estimate of drug-likeness (QED) is 0.549. The summed E-state index contributed by atoms with van der Waals surface area (Å²) < 4.78 is 10.9. The molecule has 132 valence electrons. The monoisotopic (exact) mass is 330 g/mol. The van der Waals surface area contributed by atoms with Gasteiger partial charge in [-0.1, -0.05) is 13.8 Å².